The maximum Gasteiger partial charge on any atom is 0.213 e. The summed E-state index contributed by atoms with van der Waals surface area (Å²) in [7, 11) is 1.60. The molecule has 142 valence electrons. The number of methoxy groups -OCH3 is 1. The molecule has 0 radical (unpaired) electrons. The SMILES string of the molecule is COc1cc(C2=NCc3cc4c(cc32)N=C(C(=O)Cc2ccccc2)C4)ccn1. The molecule has 0 N–H and O–H groups in total. The standard InChI is InChI=1S/C24H19N3O2/c1-29-23-12-16(7-8-25-23)24-19-13-20-17(10-18(19)14-26-24)11-21(27-20)22(28)9-15-5-3-2-4-6-15/h2-8,10,12-13H,9,11,14H2,1H3. The third kappa shape index (κ3) is 3.25. The molecule has 0 amide bonds. The van der Waals surface area contributed by atoms with Gasteiger partial charge in [0.25, 0.3) is 0 Å². The average Bonchev–Trinajstić information content (AvgIpc) is 3.36. The van der Waals surface area contributed by atoms with E-state index in [4.69, 9.17) is 9.73 Å². The van der Waals surface area contributed by atoms with Crippen LogP contribution in [0.5, 0.6) is 5.88 Å². The van der Waals surface area contributed by atoms with Crippen molar-refractivity contribution in [3.05, 3.63) is 88.6 Å². The number of hydrogen-bond donors (Lipinski definition) is 0. The number of nitrogens with zero attached hydrogens (tertiary/aromatic N) is 3. The number of Topliss-reactive ketones (excluding diaryl/α,β-unsaturated/α-hetero) is 1. The topological polar surface area (TPSA) is 63.9 Å². The van der Waals surface area contributed by atoms with E-state index in [9.17, 15) is 4.79 Å². The lowest BCUT2D eigenvalue weighted by Gasteiger charge is -2.07. The first-order valence-electron chi connectivity index (χ1n) is 9.57. The molecule has 0 spiro atoms. The highest BCUT2D eigenvalue weighted by molar-refractivity contribution is 6.42. The number of fused-ring (bicyclic) bond motifs is 2. The molecule has 0 saturated heterocycles. The number of carbonyl (C=O) groups excluding carboxylic acids is 1. The van der Waals surface area contributed by atoms with Crippen LogP contribution in [-0.2, 0) is 24.2 Å². The molecule has 1 aromatic heterocycles. The van der Waals surface area contributed by atoms with Gasteiger partial charge in [0.1, 0.15) is 0 Å². The first kappa shape index (κ1) is 17.5. The summed E-state index contributed by atoms with van der Waals surface area (Å²) in [6.45, 7) is 0.635. The van der Waals surface area contributed by atoms with Crippen LogP contribution < -0.4 is 4.74 Å². The van der Waals surface area contributed by atoms with Gasteiger partial charge in [-0.2, -0.15) is 0 Å². The van der Waals surface area contributed by atoms with Crippen LogP contribution in [0.25, 0.3) is 0 Å². The molecular weight excluding hydrogens is 362 g/mol. The van der Waals surface area contributed by atoms with Gasteiger partial charge in [0.05, 0.1) is 30.8 Å². The van der Waals surface area contributed by atoms with E-state index in [1.165, 1.54) is 5.56 Å². The Hall–Kier alpha value is -3.60. The van der Waals surface area contributed by atoms with Crippen LogP contribution in [0, 0.1) is 0 Å². The molecule has 29 heavy (non-hydrogen) atoms. The molecule has 0 atom stereocenters. The van der Waals surface area contributed by atoms with E-state index in [-0.39, 0.29) is 5.78 Å². The Morgan fingerprint density at radius 2 is 1.93 bits per heavy atom. The van der Waals surface area contributed by atoms with Gasteiger partial charge in [-0.1, -0.05) is 36.4 Å². The molecule has 5 nitrogen and oxygen atoms in total. The van der Waals surface area contributed by atoms with Crippen LogP contribution in [0.1, 0.15) is 27.8 Å². The lowest BCUT2D eigenvalue weighted by Crippen LogP contribution is -2.16. The van der Waals surface area contributed by atoms with Crippen molar-refractivity contribution in [2.75, 3.05) is 7.11 Å². The van der Waals surface area contributed by atoms with Crippen molar-refractivity contribution in [1.29, 1.82) is 0 Å². The van der Waals surface area contributed by atoms with E-state index in [0.29, 0.717) is 31.0 Å². The molecule has 5 rings (SSSR count). The lowest BCUT2D eigenvalue weighted by molar-refractivity contribution is -0.112. The minimum atomic E-state index is 0.0836. The molecular formula is C24H19N3O2. The second kappa shape index (κ2) is 7.09. The average molecular weight is 381 g/mol. The third-order valence-corrected chi connectivity index (χ3v) is 5.33. The fourth-order valence-electron chi connectivity index (χ4n) is 3.86. The number of pyridine rings is 1. The van der Waals surface area contributed by atoms with Gasteiger partial charge in [0, 0.05) is 36.2 Å². The van der Waals surface area contributed by atoms with Crippen molar-refractivity contribution in [2.45, 2.75) is 19.4 Å². The molecule has 3 heterocycles. The highest BCUT2D eigenvalue weighted by Gasteiger charge is 2.26. The smallest absolute Gasteiger partial charge is 0.213 e. The maximum absolute atomic E-state index is 12.7. The van der Waals surface area contributed by atoms with Gasteiger partial charge in [-0.15, -0.1) is 0 Å². The van der Waals surface area contributed by atoms with E-state index in [1.807, 2.05) is 42.5 Å². The highest BCUT2D eigenvalue weighted by Crippen LogP contribution is 2.34. The summed E-state index contributed by atoms with van der Waals surface area (Å²) in [5, 5.41) is 0. The van der Waals surface area contributed by atoms with Crippen LogP contribution in [-0.4, -0.2) is 29.3 Å². The lowest BCUT2D eigenvalue weighted by atomic mass is 9.96. The predicted molar refractivity (Wildman–Crippen MR) is 113 cm³/mol. The van der Waals surface area contributed by atoms with Crippen LogP contribution in [0.4, 0.5) is 5.69 Å². The fraction of sp³-hybridized carbons (Fsp3) is 0.167. The second-order valence-corrected chi connectivity index (χ2v) is 7.21. The van der Waals surface area contributed by atoms with Crippen LogP contribution in [0.15, 0.2) is 70.8 Å². The van der Waals surface area contributed by atoms with E-state index in [1.54, 1.807) is 13.3 Å². The summed E-state index contributed by atoms with van der Waals surface area (Å²) in [5.41, 5.74) is 7.75. The zero-order chi connectivity index (χ0) is 19.8. The molecule has 0 unspecified atom stereocenters. The van der Waals surface area contributed by atoms with Crippen molar-refractivity contribution in [2.24, 2.45) is 9.98 Å². The Morgan fingerprint density at radius 1 is 1.07 bits per heavy atom. The van der Waals surface area contributed by atoms with Crippen molar-refractivity contribution >= 4 is 22.9 Å². The minimum Gasteiger partial charge on any atom is -0.481 e. The first-order chi connectivity index (χ1) is 14.2. The Kier molecular flexibility index (Phi) is 4.28. The molecule has 0 aliphatic carbocycles. The quantitative estimate of drug-likeness (QED) is 0.674. The number of aliphatic imine (C=N–C) groups is 2. The summed E-state index contributed by atoms with van der Waals surface area (Å²) >= 11 is 0. The van der Waals surface area contributed by atoms with Gasteiger partial charge >= 0.3 is 0 Å². The van der Waals surface area contributed by atoms with E-state index >= 15 is 0 Å². The Labute approximate surface area is 168 Å². The molecule has 0 bridgehead atoms. The first-order valence-corrected chi connectivity index (χ1v) is 9.57. The molecule has 5 heteroatoms. The number of aromatic nitrogens is 1. The van der Waals surface area contributed by atoms with Crippen LogP contribution >= 0.6 is 0 Å². The molecule has 2 aromatic carbocycles. The molecule has 2 aliphatic rings. The number of ketones is 1. The third-order valence-electron chi connectivity index (χ3n) is 5.33. The van der Waals surface area contributed by atoms with Crippen molar-refractivity contribution in [3.8, 4) is 5.88 Å². The predicted octanol–water partition coefficient (Wildman–Crippen LogP) is 3.88. The summed E-state index contributed by atoms with van der Waals surface area (Å²) in [6, 6.07) is 17.8. The molecule has 0 fully saturated rings. The summed E-state index contributed by atoms with van der Waals surface area (Å²) in [5.74, 6) is 0.645. The monoisotopic (exact) mass is 381 g/mol. The second-order valence-electron chi connectivity index (χ2n) is 7.21. The van der Waals surface area contributed by atoms with E-state index < -0.39 is 0 Å². The normalized spacial score (nSPS) is 14.1. The zero-order valence-electron chi connectivity index (χ0n) is 16.1. The van der Waals surface area contributed by atoms with Gasteiger partial charge in [-0.3, -0.25) is 9.79 Å². The van der Waals surface area contributed by atoms with Gasteiger partial charge in [-0.25, -0.2) is 9.98 Å². The Bertz CT molecular complexity index is 1180. The summed E-state index contributed by atoms with van der Waals surface area (Å²) in [4.78, 5) is 26.3. The highest BCUT2D eigenvalue weighted by atomic mass is 16.5. The van der Waals surface area contributed by atoms with Crippen molar-refractivity contribution in [1.82, 2.24) is 4.98 Å². The van der Waals surface area contributed by atoms with Crippen LogP contribution in [0.3, 0.4) is 0 Å². The fourth-order valence-corrected chi connectivity index (χ4v) is 3.86. The Morgan fingerprint density at radius 3 is 2.76 bits per heavy atom. The number of ether oxygens (including phenoxy) is 1. The maximum atomic E-state index is 12.7. The molecule has 2 aliphatic heterocycles. The molecule has 3 aromatic rings. The molecule has 0 saturated carbocycles. The summed E-state index contributed by atoms with van der Waals surface area (Å²) < 4.78 is 5.24. The van der Waals surface area contributed by atoms with E-state index in [0.717, 1.165) is 33.7 Å². The van der Waals surface area contributed by atoms with Gasteiger partial charge < -0.3 is 4.74 Å². The van der Waals surface area contributed by atoms with Gasteiger partial charge in [0.15, 0.2) is 5.78 Å². The summed E-state index contributed by atoms with van der Waals surface area (Å²) in [6.07, 6.45) is 2.70. The number of carbonyl (C=O) groups is 1. The minimum absolute atomic E-state index is 0.0836. The largest absolute Gasteiger partial charge is 0.481 e. The van der Waals surface area contributed by atoms with Crippen molar-refractivity contribution < 1.29 is 9.53 Å². The van der Waals surface area contributed by atoms with E-state index in [2.05, 4.69) is 22.1 Å². The number of rotatable bonds is 5. The van der Waals surface area contributed by atoms with Crippen LogP contribution in [0.2, 0.25) is 0 Å². The zero-order valence-corrected chi connectivity index (χ0v) is 16.1. The van der Waals surface area contributed by atoms with Gasteiger partial charge in [0.2, 0.25) is 5.88 Å². The number of hydrogen-bond acceptors (Lipinski definition) is 5. The Balaban J connectivity index is 1.43. The number of benzene rings is 2. The van der Waals surface area contributed by atoms with Crippen molar-refractivity contribution in [3.63, 3.8) is 0 Å². The van der Waals surface area contributed by atoms with Gasteiger partial charge in [-0.05, 0) is 28.8 Å².